The van der Waals surface area contributed by atoms with E-state index in [0.717, 1.165) is 25.7 Å². The summed E-state index contributed by atoms with van der Waals surface area (Å²) < 4.78 is 11.2. The fourth-order valence-electron chi connectivity index (χ4n) is 2.34. The highest BCUT2D eigenvalue weighted by molar-refractivity contribution is 5.64. The Labute approximate surface area is 88.7 Å². The van der Waals surface area contributed by atoms with Gasteiger partial charge in [-0.15, -0.1) is 0 Å². The van der Waals surface area contributed by atoms with Crippen LogP contribution in [0.1, 0.15) is 25.7 Å². The van der Waals surface area contributed by atoms with Crippen molar-refractivity contribution in [3.63, 3.8) is 0 Å². The third-order valence-electron chi connectivity index (χ3n) is 3.22. The molecule has 2 rings (SSSR count). The van der Waals surface area contributed by atoms with Gasteiger partial charge in [-0.3, -0.25) is 0 Å². The molecule has 0 unspecified atom stereocenters. The second-order valence-electron chi connectivity index (χ2n) is 4.24. The summed E-state index contributed by atoms with van der Waals surface area (Å²) in [5.74, 6) is 0.0965. The predicted octanol–water partition coefficient (Wildman–Crippen LogP) is 1.19. The van der Waals surface area contributed by atoms with Crippen LogP contribution in [0.5, 0.6) is 0 Å². The summed E-state index contributed by atoms with van der Waals surface area (Å²) >= 11 is 0. The maximum absolute atomic E-state index is 10.3. The summed E-state index contributed by atoms with van der Waals surface area (Å²) in [6.07, 6.45) is 2.78. The van der Waals surface area contributed by atoms with Crippen LogP contribution < -0.4 is 5.32 Å². The second kappa shape index (κ2) is 4.37. The Morgan fingerprint density at radius 1 is 1.33 bits per heavy atom. The molecule has 5 nitrogen and oxygen atoms in total. The molecular formula is C10H17NO4. The lowest BCUT2D eigenvalue weighted by Crippen LogP contribution is -2.38. The van der Waals surface area contributed by atoms with E-state index in [1.807, 2.05) is 0 Å². The number of rotatable bonds is 2. The van der Waals surface area contributed by atoms with Gasteiger partial charge < -0.3 is 19.9 Å². The van der Waals surface area contributed by atoms with E-state index in [-0.39, 0.29) is 5.79 Å². The molecule has 1 aliphatic heterocycles. The van der Waals surface area contributed by atoms with E-state index in [9.17, 15) is 4.79 Å². The average Bonchev–Trinajstić information content (AvgIpc) is 2.66. The molecule has 1 amide bonds. The van der Waals surface area contributed by atoms with E-state index in [1.54, 1.807) is 0 Å². The maximum atomic E-state index is 10.3. The van der Waals surface area contributed by atoms with Crippen LogP contribution in [-0.2, 0) is 9.47 Å². The van der Waals surface area contributed by atoms with Crippen molar-refractivity contribution in [1.82, 2.24) is 5.32 Å². The third kappa shape index (κ3) is 2.60. The highest BCUT2D eigenvalue weighted by Crippen LogP contribution is 2.37. The fourth-order valence-corrected chi connectivity index (χ4v) is 2.34. The smallest absolute Gasteiger partial charge is 0.404 e. The molecule has 1 heterocycles. The van der Waals surface area contributed by atoms with Gasteiger partial charge in [0.15, 0.2) is 5.79 Å². The topological polar surface area (TPSA) is 67.8 Å². The zero-order valence-electron chi connectivity index (χ0n) is 8.70. The molecule has 1 saturated carbocycles. The highest BCUT2D eigenvalue weighted by Gasteiger charge is 2.40. The first-order valence-corrected chi connectivity index (χ1v) is 5.45. The van der Waals surface area contributed by atoms with E-state index in [4.69, 9.17) is 14.6 Å². The van der Waals surface area contributed by atoms with Crippen molar-refractivity contribution in [2.45, 2.75) is 31.5 Å². The molecule has 0 aromatic carbocycles. The van der Waals surface area contributed by atoms with Gasteiger partial charge in [-0.05, 0) is 18.8 Å². The average molecular weight is 215 g/mol. The molecule has 0 aromatic rings. The van der Waals surface area contributed by atoms with Crippen molar-refractivity contribution in [2.75, 3.05) is 19.8 Å². The Morgan fingerprint density at radius 3 is 2.47 bits per heavy atom. The Hall–Kier alpha value is -0.810. The normalized spacial score (nSPS) is 25.6. The van der Waals surface area contributed by atoms with Gasteiger partial charge in [0, 0.05) is 19.4 Å². The quantitative estimate of drug-likeness (QED) is 0.726. The Morgan fingerprint density at radius 2 is 1.93 bits per heavy atom. The molecule has 86 valence electrons. The van der Waals surface area contributed by atoms with Crippen molar-refractivity contribution in [3.8, 4) is 0 Å². The van der Waals surface area contributed by atoms with Crippen LogP contribution in [0.2, 0.25) is 0 Å². The highest BCUT2D eigenvalue weighted by atomic mass is 16.7. The number of ether oxygens (including phenoxy) is 2. The summed E-state index contributed by atoms with van der Waals surface area (Å²) in [7, 11) is 0. The van der Waals surface area contributed by atoms with Crippen LogP contribution in [-0.4, -0.2) is 36.7 Å². The van der Waals surface area contributed by atoms with Crippen molar-refractivity contribution in [2.24, 2.45) is 5.92 Å². The van der Waals surface area contributed by atoms with E-state index in [1.165, 1.54) is 0 Å². The largest absolute Gasteiger partial charge is 0.465 e. The molecule has 0 radical (unpaired) electrons. The molecule has 5 heteroatoms. The standard InChI is InChI=1S/C10H17NO4/c12-9(13)11-7-8-1-3-10(4-2-8)14-5-6-15-10/h8,11H,1-7H2,(H,12,13). The van der Waals surface area contributed by atoms with Crippen molar-refractivity contribution >= 4 is 6.09 Å². The molecule has 1 saturated heterocycles. The van der Waals surface area contributed by atoms with Crippen LogP contribution in [0.4, 0.5) is 4.79 Å². The Balaban J connectivity index is 1.74. The van der Waals surface area contributed by atoms with Crippen LogP contribution >= 0.6 is 0 Å². The number of carbonyl (C=O) groups is 1. The molecule has 1 aliphatic carbocycles. The molecular weight excluding hydrogens is 198 g/mol. The molecule has 0 atom stereocenters. The fraction of sp³-hybridized carbons (Fsp3) is 0.900. The first-order valence-electron chi connectivity index (χ1n) is 5.45. The van der Waals surface area contributed by atoms with E-state index < -0.39 is 6.09 Å². The molecule has 1 spiro atoms. The summed E-state index contributed by atoms with van der Waals surface area (Å²) in [6, 6.07) is 0. The maximum Gasteiger partial charge on any atom is 0.404 e. The number of hydrogen-bond donors (Lipinski definition) is 2. The molecule has 0 aromatic heterocycles. The minimum Gasteiger partial charge on any atom is -0.465 e. The molecule has 2 fully saturated rings. The van der Waals surface area contributed by atoms with E-state index in [2.05, 4.69) is 5.32 Å². The van der Waals surface area contributed by atoms with Crippen molar-refractivity contribution in [3.05, 3.63) is 0 Å². The zero-order chi connectivity index (χ0) is 10.7. The van der Waals surface area contributed by atoms with Gasteiger partial charge >= 0.3 is 6.09 Å². The number of hydrogen-bond acceptors (Lipinski definition) is 3. The van der Waals surface area contributed by atoms with Gasteiger partial charge in [0.2, 0.25) is 0 Å². The molecule has 15 heavy (non-hydrogen) atoms. The van der Waals surface area contributed by atoms with Gasteiger partial charge in [0.25, 0.3) is 0 Å². The number of carboxylic acid groups (broad SMARTS) is 1. The number of nitrogens with one attached hydrogen (secondary N) is 1. The van der Waals surface area contributed by atoms with Crippen molar-refractivity contribution in [1.29, 1.82) is 0 Å². The Bertz CT molecular complexity index is 228. The van der Waals surface area contributed by atoms with Crippen LogP contribution in [0.3, 0.4) is 0 Å². The summed E-state index contributed by atoms with van der Waals surface area (Å²) in [5, 5.41) is 10.9. The SMILES string of the molecule is O=C(O)NCC1CCC2(CC1)OCCO2. The lowest BCUT2D eigenvalue weighted by atomic mass is 9.85. The van der Waals surface area contributed by atoms with Gasteiger partial charge in [-0.2, -0.15) is 0 Å². The molecule has 2 aliphatic rings. The zero-order valence-corrected chi connectivity index (χ0v) is 8.70. The lowest BCUT2D eigenvalue weighted by Gasteiger charge is -2.35. The number of amides is 1. The first kappa shape index (κ1) is 10.7. The van der Waals surface area contributed by atoms with Crippen LogP contribution in [0.25, 0.3) is 0 Å². The lowest BCUT2D eigenvalue weighted by molar-refractivity contribution is -0.182. The monoisotopic (exact) mass is 215 g/mol. The van der Waals surface area contributed by atoms with Gasteiger partial charge in [-0.25, -0.2) is 4.79 Å². The summed E-state index contributed by atoms with van der Waals surface area (Å²) in [6.45, 7) is 1.93. The molecule has 0 bridgehead atoms. The van der Waals surface area contributed by atoms with E-state index in [0.29, 0.717) is 25.7 Å². The van der Waals surface area contributed by atoms with Gasteiger partial charge in [0.1, 0.15) is 0 Å². The minimum atomic E-state index is -0.941. The molecule has 2 N–H and O–H groups in total. The van der Waals surface area contributed by atoms with E-state index >= 15 is 0 Å². The van der Waals surface area contributed by atoms with Crippen LogP contribution in [0, 0.1) is 5.92 Å². The minimum absolute atomic E-state index is 0.334. The van der Waals surface area contributed by atoms with Crippen molar-refractivity contribution < 1.29 is 19.4 Å². The third-order valence-corrected chi connectivity index (χ3v) is 3.22. The first-order chi connectivity index (χ1) is 7.20. The second-order valence-corrected chi connectivity index (χ2v) is 4.24. The van der Waals surface area contributed by atoms with Gasteiger partial charge in [0.05, 0.1) is 13.2 Å². The summed E-state index contributed by atoms with van der Waals surface area (Å²) in [5.41, 5.74) is 0. The van der Waals surface area contributed by atoms with Crippen LogP contribution in [0.15, 0.2) is 0 Å². The summed E-state index contributed by atoms with van der Waals surface area (Å²) in [4.78, 5) is 10.3. The predicted molar refractivity (Wildman–Crippen MR) is 52.6 cm³/mol. The van der Waals surface area contributed by atoms with Gasteiger partial charge in [-0.1, -0.05) is 0 Å². The Kier molecular flexibility index (Phi) is 3.11.